The third-order valence-corrected chi connectivity index (χ3v) is 6.12. The van der Waals surface area contributed by atoms with E-state index in [0.29, 0.717) is 13.2 Å². The van der Waals surface area contributed by atoms with Gasteiger partial charge in [-0.2, -0.15) is 0 Å². The number of ether oxygens (including phenoxy) is 2. The third-order valence-electron chi connectivity index (χ3n) is 6.12. The molecule has 4 aromatic rings. The highest BCUT2D eigenvalue weighted by atomic mass is 16.5. The Kier molecular flexibility index (Phi) is 17.4. The van der Waals surface area contributed by atoms with Crippen LogP contribution < -0.4 is 9.47 Å². The zero-order valence-electron chi connectivity index (χ0n) is 25.5. The largest absolute Gasteiger partial charge is 0.494 e. The van der Waals surface area contributed by atoms with Gasteiger partial charge in [0.25, 0.3) is 0 Å². The fourth-order valence-electron chi connectivity index (χ4n) is 3.61. The molecule has 0 atom stereocenters. The Balaban J connectivity index is 0.000000230. The summed E-state index contributed by atoms with van der Waals surface area (Å²) >= 11 is 0. The van der Waals surface area contributed by atoms with Crippen molar-refractivity contribution in [1.29, 1.82) is 0 Å². The lowest BCUT2D eigenvalue weighted by atomic mass is 10.2. The molecule has 0 unspecified atom stereocenters. The van der Waals surface area contributed by atoms with Gasteiger partial charge in [-0.25, -0.2) is 9.59 Å². The number of benzene rings is 2. The summed E-state index contributed by atoms with van der Waals surface area (Å²) in [6.07, 6.45) is 18.0. The molecule has 0 saturated heterocycles. The maximum atomic E-state index is 10.6. The van der Waals surface area contributed by atoms with Crippen molar-refractivity contribution in [3.63, 3.8) is 0 Å². The first-order chi connectivity index (χ1) is 21.4. The first kappa shape index (κ1) is 35.2. The lowest BCUT2D eigenvalue weighted by Crippen LogP contribution is -1.99. The molecule has 8 nitrogen and oxygen atoms in total. The van der Waals surface area contributed by atoms with E-state index in [4.69, 9.17) is 19.7 Å². The number of carboxylic acids is 2. The number of nitrogens with zero attached hydrogens (tertiary/aromatic N) is 2. The van der Waals surface area contributed by atoms with Gasteiger partial charge in [-0.15, -0.1) is 0 Å². The van der Waals surface area contributed by atoms with Crippen molar-refractivity contribution in [2.75, 3.05) is 13.2 Å². The van der Waals surface area contributed by atoms with Gasteiger partial charge in [0.2, 0.25) is 0 Å². The predicted molar refractivity (Wildman–Crippen MR) is 174 cm³/mol. The van der Waals surface area contributed by atoms with Crippen LogP contribution >= 0.6 is 0 Å². The van der Waals surface area contributed by atoms with Crippen molar-refractivity contribution in [3.8, 4) is 11.5 Å². The minimum Gasteiger partial charge on any atom is -0.494 e. The highest BCUT2D eigenvalue weighted by molar-refractivity contribution is 5.88. The molecule has 0 amide bonds. The second kappa shape index (κ2) is 21.7. The van der Waals surface area contributed by atoms with Crippen LogP contribution in [0.1, 0.15) is 84.2 Å². The molecule has 0 fully saturated rings. The maximum absolute atomic E-state index is 10.6. The molecule has 0 spiro atoms. The van der Waals surface area contributed by atoms with Gasteiger partial charge in [-0.05, 0) is 96.8 Å². The molecule has 8 heteroatoms. The molecular formula is C36H42N2O6. The molecule has 2 aromatic heterocycles. The van der Waals surface area contributed by atoms with Crippen LogP contribution in [0, 0.1) is 0 Å². The van der Waals surface area contributed by atoms with Gasteiger partial charge in [0.1, 0.15) is 11.5 Å². The van der Waals surface area contributed by atoms with Crippen LogP contribution in [0.25, 0.3) is 12.2 Å². The van der Waals surface area contributed by atoms with Crippen LogP contribution in [0.2, 0.25) is 0 Å². The Labute approximate surface area is 260 Å². The monoisotopic (exact) mass is 598 g/mol. The topological polar surface area (TPSA) is 119 Å². The summed E-state index contributed by atoms with van der Waals surface area (Å²) in [4.78, 5) is 29.1. The first-order valence-electron chi connectivity index (χ1n) is 14.8. The van der Waals surface area contributed by atoms with Crippen LogP contribution in [0.15, 0.2) is 97.6 Å². The van der Waals surface area contributed by atoms with Gasteiger partial charge in [-0.3, -0.25) is 9.97 Å². The summed E-state index contributed by atoms with van der Waals surface area (Å²) in [6.45, 7) is 5.67. The number of carbonyl (C=O) groups is 2. The lowest BCUT2D eigenvalue weighted by Gasteiger charge is -2.05. The summed E-state index contributed by atoms with van der Waals surface area (Å²) in [5.41, 5.74) is 2.88. The normalized spacial score (nSPS) is 10.1. The molecule has 2 heterocycles. The molecule has 0 bridgehead atoms. The quantitative estimate of drug-likeness (QED) is 0.139. The van der Waals surface area contributed by atoms with Crippen molar-refractivity contribution in [2.24, 2.45) is 0 Å². The summed E-state index contributed by atoms with van der Waals surface area (Å²) in [5.74, 6) is -0.354. The lowest BCUT2D eigenvalue weighted by molar-refractivity contribution is 0.0686. The Hall–Kier alpha value is -4.98. The average Bonchev–Trinajstić information content (AvgIpc) is 3.06. The van der Waals surface area contributed by atoms with E-state index in [1.165, 1.54) is 12.8 Å². The van der Waals surface area contributed by atoms with E-state index in [1.807, 2.05) is 24.3 Å². The van der Waals surface area contributed by atoms with Crippen LogP contribution in [0.5, 0.6) is 11.5 Å². The number of carboxylic acid groups (broad SMARTS) is 2. The van der Waals surface area contributed by atoms with Crippen molar-refractivity contribution in [2.45, 2.75) is 52.4 Å². The molecule has 4 rings (SSSR count). The number of aromatic nitrogens is 2. The zero-order valence-corrected chi connectivity index (χ0v) is 25.5. The van der Waals surface area contributed by atoms with Crippen molar-refractivity contribution in [3.05, 3.63) is 120 Å². The highest BCUT2D eigenvalue weighted by Crippen LogP contribution is 2.14. The molecule has 0 aliphatic heterocycles. The standard InChI is InChI=1S/C12H10N2.2C12H16O3/c1(11-3-7-13-8-4-11)2-12-5-9-14-10-6-12;2*1-2-3-4-9-15-11-7-5-10(6-8-11)12(13)14/h1-10H;2*5-8H,2-4,9H2,1H3,(H,13,14)/b2-1+;;. The van der Waals surface area contributed by atoms with Gasteiger partial charge in [0.15, 0.2) is 0 Å². The van der Waals surface area contributed by atoms with Crippen LogP contribution in [-0.4, -0.2) is 45.3 Å². The van der Waals surface area contributed by atoms with Crippen molar-refractivity contribution < 1.29 is 29.3 Å². The molecular weight excluding hydrogens is 556 g/mol. The van der Waals surface area contributed by atoms with Gasteiger partial charge in [0.05, 0.1) is 24.3 Å². The fourth-order valence-corrected chi connectivity index (χ4v) is 3.61. The van der Waals surface area contributed by atoms with E-state index in [-0.39, 0.29) is 11.1 Å². The smallest absolute Gasteiger partial charge is 0.335 e. The molecule has 0 saturated carbocycles. The van der Waals surface area contributed by atoms with Gasteiger partial charge in [0, 0.05) is 24.8 Å². The van der Waals surface area contributed by atoms with E-state index >= 15 is 0 Å². The minimum absolute atomic E-state index is 0.288. The Bertz CT molecular complexity index is 1250. The molecule has 0 aliphatic carbocycles. The average molecular weight is 599 g/mol. The number of unbranched alkanes of at least 4 members (excludes halogenated alkanes) is 4. The number of pyridine rings is 2. The molecule has 0 aliphatic rings. The fraction of sp³-hybridized carbons (Fsp3) is 0.278. The molecule has 2 aromatic carbocycles. The van der Waals surface area contributed by atoms with Crippen molar-refractivity contribution in [1.82, 2.24) is 9.97 Å². The second-order valence-corrected chi connectivity index (χ2v) is 9.66. The maximum Gasteiger partial charge on any atom is 0.335 e. The van der Waals surface area contributed by atoms with E-state index < -0.39 is 11.9 Å². The van der Waals surface area contributed by atoms with Gasteiger partial charge in [-0.1, -0.05) is 51.7 Å². The van der Waals surface area contributed by atoms with E-state index in [1.54, 1.807) is 73.3 Å². The predicted octanol–water partition coefficient (Wildman–Crippen LogP) is 8.55. The summed E-state index contributed by atoms with van der Waals surface area (Å²) in [5, 5.41) is 17.4. The van der Waals surface area contributed by atoms with E-state index in [2.05, 4.69) is 36.0 Å². The Morgan fingerprint density at radius 1 is 0.568 bits per heavy atom. The number of rotatable bonds is 14. The highest BCUT2D eigenvalue weighted by Gasteiger charge is 2.02. The van der Waals surface area contributed by atoms with E-state index in [0.717, 1.165) is 48.3 Å². The van der Waals surface area contributed by atoms with Gasteiger partial charge >= 0.3 is 11.9 Å². The molecule has 232 valence electrons. The van der Waals surface area contributed by atoms with Crippen LogP contribution in [0.3, 0.4) is 0 Å². The van der Waals surface area contributed by atoms with Crippen molar-refractivity contribution >= 4 is 24.1 Å². The van der Waals surface area contributed by atoms with Gasteiger partial charge < -0.3 is 19.7 Å². The molecule has 2 N–H and O–H groups in total. The molecule has 0 radical (unpaired) electrons. The SMILES string of the molecule is C(=C\c1ccncc1)/c1ccncc1.CCCCCOc1ccc(C(=O)O)cc1.CCCCCOc1ccc(C(=O)O)cc1. The van der Waals surface area contributed by atoms with E-state index in [9.17, 15) is 9.59 Å². The van der Waals surface area contributed by atoms with Crippen LogP contribution in [-0.2, 0) is 0 Å². The Morgan fingerprint density at radius 3 is 1.20 bits per heavy atom. The number of aromatic carboxylic acids is 2. The summed E-state index contributed by atoms with van der Waals surface area (Å²) in [6, 6.07) is 20.9. The van der Waals surface area contributed by atoms with Crippen LogP contribution in [0.4, 0.5) is 0 Å². The molecule has 44 heavy (non-hydrogen) atoms. The minimum atomic E-state index is -0.910. The first-order valence-corrected chi connectivity index (χ1v) is 14.8. The third kappa shape index (κ3) is 15.3. The second-order valence-electron chi connectivity index (χ2n) is 9.66. The summed E-state index contributed by atoms with van der Waals surface area (Å²) in [7, 11) is 0. The Morgan fingerprint density at radius 2 is 0.909 bits per heavy atom. The summed E-state index contributed by atoms with van der Waals surface area (Å²) < 4.78 is 10.9. The number of hydrogen-bond acceptors (Lipinski definition) is 6. The zero-order chi connectivity index (χ0) is 31.8. The number of hydrogen-bond donors (Lipinski definition) is 2.